The van der Waals surface area contributed by atoms with Crippen molar-refractivity contribution in [2.45, 2.75) is 0 Å². The van der Waals surface area contributed by atoms with Crippen LogP contribution in [0.5, 0.6) is 0 Å². The van der Waals surface area contributed by atoms with E-state index < -0.39 is 0 Å². The Hall–Kier alpha value is -2.44. The van der Waals surface area contributed by atoms with E-state index in [2.05, 4.69) is 10.2 Å². The lowest BCUT2D eigenvalue weighted by molar-refractivity contribution is 0.103. The minimum atomic E-state index is -0.304. The van der Waals surface area contributed by atoms with Gasteiger partial charge in [-0.15, -0.1) is 11.3 Å². The maximum absolute atomic E-state index is 13.9. The number of ether oxygens (including phenoxy) is 1. The Morgan fingerprint density at radius 1 is 1.12 bits per heavy atom. The van der Waals surface area contributed by atoms with Gasteiger partial charge >= 0.3 is 0 Å². The van der Waals surface area contributed by atoms with E-state index in [1.807, 2.05) is 30.3 Å². The molecular formula is C19H17FN2O2S. The third-order valence-electron chi connectivity index (χ3n) is 4.24. The first kappa shape index (κ1) is 16.1. The SMILES string of the molecule is O=C(Nc1ccccc1N1CCOCC1)c1cc2c(F)cccc2s1. The Morgan fingerprint density at radius 2 is 1.92 bits per heavy atom. The molecule has 0 unspecified atom stereocenters. The summed E-state index contributed by atoms with van der Waals surface area (Å²) in [5.41, 5.74) is 1.73. The van der Waals surface area contributed by atoms with Crippen LogP contribution in [-0.4, -0.2) is 32.2 Å². The highest BCUT2D eigenvalue weighted by Gasteiger charge is 2.17. The lowest BCUT2D eigenvalue weighted by Crippen LogP contribution is -2.36. The maximum atomic E-state index is 13.9. The predicted molar refractivity (Wildman–Crippen MR) is 99.2 cm³/mol. The van der Waals surface area contributed by atoms with E-state index >= 15 is 0 Å². The van der Waals surface area contributed by atoms with Gasteiger partial charge in [0.15, 0.2) is 0 Å². The van der Waals surface area contributed by atoms with Gasteiger partial charge in [0.1, 0.15) is 5.82 Å². The molecule has 0 radical (unpaired) electrons. The van der Waals surface area contributed by atoms with E-state index in [4.69, 9.17) is 4.74 Å². The molecule has 1 aromatic heterocycles. The summed E-state index contributed by atoms with van der Waals surface area (Å²) in [5, 5.41) is 3.46. The summed E-state index contributed by atoms with van der Waals surface area (Å²) >= 11 is 1.29. The largest absolute Gasteiger partial charge is 0.378 e. The normalized spacial score (nSPS) is 14.7. The van der Waals surface area contributed by atoms with Crippen molar-refractivity contribution >= 4 is 38.7 Å². The van der Waals surface area contributed by atoms with E-state index in [0.717, 1.165) is 29.2 Å². The van der Waals surface area contributed by atoms with E-state index in [1.165, 1.54) is 17.4 Å². The van der Waals surface area contributed by atoms with Gasteiger partial charge in [-0.2, -0.15) is 0 Å². The lowest BCUT2D eigenvalue weighted by Gasteiger charge is -2.30. The maximum Gasteiger partial charge on any atom is 0.265 e. The first-order chi connectivity index (χ1) is 12.2. The molecule has 1 aliphatic rings. The summed E-state index contributed by atoms with van der Waals surface area (Å²) < 4.78 is 20.0. The molecule has 6 heteroatoms. The van der Waals surface area contributed by atoms with E-state index in [9.17, 15) is 9.18 Å². The average Bonchev–Trinajstić information content (AvgIpc) is 3.09. The van der Waals surface area contributed by atoms with Gasteiger partial charge in [-0.25, -0.2) is 4.39 Å². The highest BCUT2D eigenvalue weighted by atomic mass is 32.1. The van der Waals surface area contributed by atoms with Gasteiger partial charge in [0.05, 0.1) is 29.5 Å². The Morgan fingerprint density at radius 3 is 2.72 bits per heavy atom. The zero-order chi connectivity index (χ0) is 17.2. The van der Waals surface area contributed by atoms with Crippen LogP contribution in [0.3, 0.4) is 0 Å². The molecule has 0 bridgehead atoms. The third kappa shape index (κ3) is 3.23. The molecule has 1 amide bonds. The number of halogens is 1. The van der Waals surface area contributed by atoms with Crippen molar-refractivity contribution in [2.24, 2.45) is 0 Å². The van der Waals surface area contributed by atoms with E-state index in [-0.39, 0.29) is 11.7 Å². The number of nitrogens with one attached hydrogen (secondary N) is 1. The van der Waals surface area contributed by atoms with Gasteiger partial charge in [-0.3, -0.25) is 4.79 Å². The van der Waals surface area contributed by atoms with Crippen LogP contribution in [0, 0.1) is 5.82 Å². The Balaban J connectivity index is 1.61. The number of thiophene rings is 1. The quantitative estimate of drug-likeness (QED) is 0.767. The van der Waals surface area contributed by atoms with Crippen LogP contribution in [0.25, 0.3) is 10.1 Å². The number of benzene rings is 2. The summed E-state index contributed by atoms with van der Waals surface area (Å²) in [6, 6.07) is 14.2. The minimum Gasteiger partial charge on any atom is -0.378 e. The standard InChI is InChI=1S/C19H17FN2O2S/c20-14-4-3-7-17-13(14)12-18(25-17)19(23)21-15-5-1-2-6-16(15)22-8-10-24-11-9-22/h1-7,12H,8-11H2,(H,21,23). The summed E-state index contributed by atoms with van der Waals surface area (Å²) in [5.74, 6) is -0.525. The van der Waals surface area contributed by atoms with Crippen molar-refractivity contribution in [1.29, 1.82) is 0 Å². The number of hydrogen-bond donors (Lipinski definition) is 1. The molecule has 25 heavy (non-hydrogen) atoms. The second-order valence-electron chi connectivity index (χ2n) is 5.83. The fourth-order valence-electron chi connectivity index (χ4n) is 2.98. The molecule has 2 heterocycles. The van der Waals surface area contributed by atoms with Crippen LogP contribution >= 0.6 is 11.3 Å². The number of fused-ring (bicyclic) bond motifs is 1. The van der Waals surface area contributed by atoms with Crippen LogP contribution in [0.1, 0.15) is 9.67 Å². The molecule has 0 aliphatic carbocycles. The number of rotatable bonds is 3. The van der Waals surface area contributed by atoms with Crippen molar-refractivity contribution in [3.63, 3.8) is 0 Å². The van der Waals surface area contributed by atoms with E-state index in [0.29, 0.717) is 23.5 Å². The molecular weight excluding hydrogens is 339 g/mol. The van der Waals surface area contributed by atoms with Gasteiger partial charge in [-0.1, -0.05) is 18.2 Å². The number of para-hydroxylation sites is 2. The fourth-order valence-corrected chi connectivity index (χ4v) is 3.95. The molecule has 3 aromatic rings. The smallest absolute Gasteiger partial charge is 0.265 e. The van der Waals surface area contributed by atoms with Crippen molar-refractivity contribution in [1.82, 2.24) is 0 Å². The lowest BCUT2D eigenvalue weighted by atomic mass is 10.2. The van der Waals surface area contributed by atoms with Gasteiger partial charge in [0.25, 0.3) is 5.91 Å². The number of carbonyl (C=O) groups is 1. The van der Waals surface area contributed by atoms with Crippen molar-refractivity contribution < 1.29 is 13.9 Å². The summed E-state index contributed by atoms with van der Waals surface area (Å²) in [6.45, 7) is 2.94. The van der Waals surface area contributed by atoms with Gasteiger partial charge in [0.2, 0.25) is 0 Å². The number of anilines is 2. The van der Waals surface area contributed by atoms with Crippen molar-refractivity contribution in [3.8, 4) is 0 Å². The molecule has 2 aromatic carbocycles. The molecule has 4 nitrogen and oxygen atoms in total. The Labute approximate surface area is 148 Å². The highest BCUT2D eigenvalue weighted by Crippen LogP contribution is 2.30. The number of nitrogens with zero attached hydrogens (tertiary/aromatic N) is 1. The average molecular weight is 356 g/mol. The van der Waals surface area contributed by atoms with Gasteiger partial charge in [0, 0.05) is 23.2 Å². The van der Waals surface area contributed by atoms with Crippen LogP contribution < -0.4 is 10.2 Å². The van der Waals surface area contributed by atoms with Crippen molar-refractivity contribution in [2.75, 3.05) is 36.5 Å². The van der Waals surface area contributed by atoms with Gasteiger partial charge in [-0.05, 0) is 30.3 Å². The van der Waals surface area contributed by atoms with Crippen LogP contribution in [0.2, 0.25) is 0 Å². The highest BCUT2D eigenvalue weighted by molar-refractivity contribution is 7.20. The first-order valence-corrected chi connectivity index (χ1v) is 8.95. The van der Waals surface area contributed by atoms with Crippen LogP contribution in [-0.2, 0) is 4.74 Å². The topological polar surface area (TPSA) is 41.6 Å². The second-order valence-corrected chi connectivity index (χ2v) is 6.92. The third-order valence-corrected chi connectivity index (χ3v) is 5.34. The molecule has 1 aliphatic heterocycles. The van der Waals surface area contributed by atoms with E-state index in [1.54, 1.807) is 12.1 Å². The molecule has 0 spiro atoms. The second kappa shape index (κ2) is 6.82. The number of amides is 1. The Kier molecular flexibility index (Phi) is 4.38. The van der Waals surface area contributed by atoms with Crippen LogP contribution in [0.4, 0.5) is 15.8 Å². The first-order valence-electron chi connectivity index (χ1n) is 8.13. The number of hydrogen-bond acceptors (Lipinski definition) is 4. The van der Waals surface area contributed by atoms with Crippen LogP contribution in [0.15, 0.2) is 48.5 Å². The summed E-state index contributed by atoms with van der Waals surface area (Å²) in [4.78, 5) is 15.4. The molecule has 0 saturated carbocycles. The molecule has 1 saturated heterocycles. The summed E-state index contributed by atoms with van der Waals surface area (Å²) in [6.07, 6.45) is 0. The molecule has 128 valence electrons. The molecule has 1 fully saturated rings. The molecule has 4 rings (SSSR count). The zero-order valence-electron chi connectivity index (χ0n) is 13.5. The number of morpholine rings is 1. The predicted octanol–water partition coefficient (Wildman–Crippen LogP) is 4.13. The fraction of sp³-hybridized carbons (Fsp3) is 0.211. The number of carbonyl (C=O) groups excluding carboxylic acids is 1. The molecule has 1 N–H and O–H groups in total. The van der Waals surface area contributed by atoms with Gasteiger partial charge < -0.3 is 15.0 Å². The minimum absolute atomic E-state index is 0.221. The monoisotopic (exact) mass is 356 g/mol. The zero-order valence-corrected chi connectivity index (χ0v) is 14.3. The summed E-state index contributed by atoms with van der Waals surface area (Å²) in [7, 11) is 0. The molecule has 0 atom stereocenters. The Bertz CT molecular complexity index is 919. The van der Waals surface area contributed by atoms with Crippen molar-refractivity contribution in [3.05, 3.63) is 59.2 Å².